The van der Waals surface area contributed by atoms with Crippen molar-refractivity contribution < 1.29 is 17.1 Å². The summed E-state index contributed by atoms with van der Waals surface area (Å²) in [5, 5.41) is 3.96. The van der Waals surface area contributed by atoms with E-state index in [4.69, 9.17) is 27.9 Å². The Balaban J connectivity index is 1.18. The van der Waals surface area contributed by atoms with Gasteiger partial charge in [0, 0.05) is 69.5 Å². The molecule has 0 saturated heterocycles. The van der Waals surface area contributed by atoms with E-state index in [1.807, 2.05) is 97.1 Å². The van der Waals surface area contributed by atoms with Crippen molar-refractivity contribution in [1.82, 2.24) is 15.0 Å². The van der Waals surface area contributed by atoms with E-state index in [1.54, 1.807) is 17.4 Å². The first-order chi connectivity index (χ1) is 27.8. The highest BCUT2D eigenvalue weighted by atomic mass is 32.1. The van der Waals surface area contributed by atoms with E-state index in [0.29, 0.717) is 33.9 Å². The second kappa shape index (κ2) is 10.9. The molecule has 0 aliphatic carbocycles. The molecule has 0 saturated carbocycles. The number of nitrogens with zero attached hydrogens (tertiary/aromatic N) is 3. The van der Waals surface area contributed by atoms with Crippen LogP contribution in [0.1, 0.15) is 8.22 Å². The van der Waals surface area contributed by atoms with Crippen LogP contribution >= 0.6 is 11.3 Å². The van der Waals surface area contributed by atoms with E-state index in [1.165, 1.54) is 0 Å². The molecular weight excluding hydrogens is 647 g/mol. The lowest BCUT2D eigenvalue weighted by Crippen LogP contribution is -2.00. The summed E-state index contributed by atoms with van der Waals surface area (Å²) in [6.07, 6.45) is 0. The Kier molecular flexibility index (Phi) is 4.91. The van der Waals surface area contributed by atoms with Crippen LogP contribution < -0.4 is 0 Å². The highest BCUT2D eigenvalue weighted by molar-refractivity contribution is 7.25. The number of furan rings is 2. The van der Waals surface area contributed by atoms with Crippen LogP contribution in [0.15, 0.2) is 160 Å². The summed E-state index contributed by atoms with van der Waals surface area (Å²) in [5.41, 5.74) is 3.15. The highest BCUT2D eigenvalue weighted by Crippen LogP contribution is 2.42. The lowest BCUT2D eigenvalue weighted by Gasteiger charge is -2.08. The largest absolute Gasteiger partial charge is 0.455 e. The molecule has 4 aromatic heterocycles. The molecule has 0 radical (unpaired) electrons. The van der Waals surface area contributed by atoms with Crippen LogP contribution in [0.4, 0.5) is 0 Å². The summed E-state index contributed by atoms with van der Waals surface area (Å²) in [7, 11) is 0. The maximum Gasteiger partial charge on any atom is 0.164 e. The maximum absolute atomic E-state index is 9.56. The van der Waals surface area contributed by atoms with Gasteiger partial charge in [-0.05, 0) is 42.4 Å². The van der Waals surface area contributed by atoms with Crippen LogP contribution in [0.25, 0.3) is 109 Å². The Morgan fingerprint density at radius 2 is 1.16 bits per heavy atom. The SMILES string of the molecule is [2H]c1c([2H])c([2H])c2c(oc3c([2H])c(-c4nc(-c5ccccc5)nc(-c5ccc6sc7ccccc7c6c5)n4)c([2H])c([2H])c32)c1-c1cccc2c1oc1ccccc12. The molecule has 238 valence electrons. The van der Waals surface area contributed by atoms with Crippen molar-refractivity contribution in [3.05, 3.63) is 152 Å². The molecule has 0 spiro atoms. The summed E-state index contributed by atoms with van der Waals surface area (Å²) in [6.45, 7) is 0. The fraction of sp³-hybridized carbons (Fsp3) is 0. The maximum atomic E-state index is 9.56. The van der Waals surface area contributed by atoms with Crippen LogP contribution in [-0.4, -0.2) is 15.0 Å². The molecule has 5 nitrogen and oxygen atoms in total. The van der Waals surface area contributed by atoms with Gasteiger partial charge in [-0.1, -0.05) is 109 Å². The minimum absolute atomic E-state index is 0.0145. The summed E-state index contributed by atoms with van der Waals surface area (Å²) in [6, 6.07) is 34.8. The highest BCUT2D eigenvalue weighted by Gasteiger charge is 2.19. The van der Waals surface area contributed by atoms with E-state index in [2.05, 4.69) is 12.1 Å². The quantitative estimate of drug-likeness (QED) is 0.185. The van der Waals surface area contributed by atoms with Gasteiger partial charge in [0.2, 0.25) is 0 Å². The second-order valence-corrected chi connectivity index (χ2v) is 13.4. The Morgan fingerprint density at radius 3 is 2.06 bits per heavy atom. The first-order valence-electron chi connectivity index (χ1n) is 19.4. The third kappa shape index (κ3) is 4.43. The lowest BCUT2D eigenvalue weighted by molar-refractivity contribution is 0.665. The molecule has 0 aliphatic heterocycles. The summed E-state index contributed by atoms with van der Waals surface area (Å²) >= 11 is 1.70. The standard InChI is InChI=1S/C45H25N3O2S/c1-2-10-26(11-3-1)43-46-44(27-21-23-40-36(24-27)31-13-5-7-19-39(31)51-40)48-45(47-43)28-20-22-30-33-15-9-17-35(42(33)50-38(30)25-28)34-16-8-14-32-29-12-4-6-18-37(29)49-41(32)34/h1-25H/i9D,15D,17D,20D,22D,25D. The average molecular weight is 678 g/mol. The van der Waals surface area contributed by atoms with E-state index in [9.17, 15) is 4.11 Å². The molecule has 51 heavy (non-hydrogen) atoms. The first kappa shape index (κ1) is 22.9. The fourth-order valence-electron chi connectivity index (χ4n) is 6.86. The number of thiophene rings is 1. The summed E-state index contributed by atoms with van der Waals surface area (Å²) < 4.78 is 70.3. The van der Waals surface area contributed by atoms with Crippen molar-refractivity contribution in [1.29, 1.82) is 0 Å². The summed E-state index contributed by atoms with van der Waals surface area (Å²) in [4.78, 5) is 14.5. The van der Waals surface area contributed by atoms with Gasteiger partial charge in [0.15, 0.2) is 17.5 Å². The van der Waals surface area contributed by atoms with Gasteiger partial charge in [0.25, 0.3) is 0 Å². The minimum atomic E-state index is -0.375. The molecule has 0 fully saturated rings. The number of hydrogen-bond donors (Lipinski definition) is 0. The fourth-order valence-corrected chi connectivity index (χ4v) is 7.95. The van der Waals surface area contributed by atoms with Gasteiger partial charge in [-0.25, -0.2) is 15.0 Å². The Morgan fingerprint density at radius 1 is 0.451 bits per heavy atom. The van der Waals surface area contributed by atoms with Crippen molar-refractivity contribution >= 4 is 75.4 Å². The molecule has 4 heterocycles. The van der Waals surface area contributed by atoms with Crippen molar-refractivity contribution in [2.45, 2.75) is 0 Å². The van der Waals surface area contributed by atoms with E-state index in [-0.39, 0.29) is 75.1 Å². The molecule has 0 aliphatic rings. The molecule has 11 aromatic rings. The topological polar surface area (TPSA) is 65.0 Å². The molecule has 6 heteroatoms. The third-order valence-corrected chi connectivity index (χ3v) is 10.4. The molecule has 11 rings (SSSR count). The van der Waals surface area contributed by atoms with Crippen LogP contribution in [-0.2, 0) is 0 Å². The minimum Gasteiger partial charge on any atom is -0.455 e. The van der Waals surface area contributed by atoms with Gasteiger partial charge in [-0.15, -0.1) is 11.3 Å². The van der Waals surface area contributed by atoms with Crippen molar-refractivity contribution in [3.8, 4) is 45.3 Å². The average Bonchev–Trinajstić information content (AvgIpc) is 3.95. The van der Waals surface area contributed by atoms with Crippen molar-refractivity contribution in [2.75, 3.05) is 0 Å². The third-order valence-electron chi connectivity index (χ3n) is 9.26. The zero-order valence-corrected chi connectivity index (χ0v) is 27.4. The van der Waals surface area contributed by atoms with Gasteiger partial charge < -0.3 is 8.83 Å². The van der Waals surface area contributed by atoms with Crippen LogP contribution in [0.5, 0.6) is 0 Å². The molecule has 0 amide bonds. The van der Waals surface area contributed by atoms with Crippen molar-refractivity contribution in [3.63, 3.8) is 0 Å². The zero-order valence-electron chi connectivity index (χ0n) is 32.5. The number of benzene rings is 7. The van der Waals surface area contributed by atoms with Gasteiger partial charge in [0.1, 0.15) is 22.3 Å². The second-order valence-electron chi connectivity index (χ2n) is 12.3. The molecule has 0 N–H and O–H groups in total. The number of rotatable bonds is 4. The van der Waals surface area contributed by atoms with E-state index in [0.717, 1.165) is 36.5 Å². The molecule has 7 aromatic carbocycles. The Hall–Kier alpha value is -6.63. The number of aromatic nitrogens is 3. The van der Waals surface area contributed by atoms with E-state index < -0.39 is 0 Å². The van der Waals surface area contributed by atoms with Gasteiger partial charge in [-0.3, -0.25) is 0 Å². The van der Waals surface area contributed by atoms with Gasteiger partial charge in [0.05, 0.1) is 8.22 Å². The smallest absolute Gasteiger partial charge is 0.164 e. The summed E-state index contributed by atoms with van der Waals surface area (Å²) in [5.74, 6) is 0.674. The molecular formula is C45H25N3O2S. The number of fused-ring (bicyclic) bond motifs is 9. The number of hydrogen-bond acceptors (Lipinski definition) is 6. The normalized spacial score (nSPS) is 13.6. The van der Waals surface area contributed by atoms with Gasteiger partial charge >= 0.3 is 0 Å². The van der Waals surface area contributed by atoms with Gasteiger partial charge in [-0.2, -0.15) is 0 Å². The van der Waals surface area contributed by atoms with Crippen molar-refractivity contribution in [2.24, 2.45) is 0 Å². The molecule has 0 atom stereocenters. The lowest BCUT2D eigenvalue weighted by atomic mass is 10.00. The predicted octanol–water partition coefficient (Wildman–Crippen LogP) is 12.7. The predicted molar refractivity (Wildman–Crippen MR) is 209 cm³/mol. The molecule has 0 unspecified atom stereocenters. The van der Waals surface area contributed by atoms with Crippen LogP contribution in [0.3, 0.4) is 0 Å². The van der Waals surface area contributed by atoms with Crippen LogP contribution in [0, 0.1) is 0 Å². The first-order valence-corrected chi connectivity index (χ1v) is 17.2. The number of para-hydroxylation sites is 3. The van der Waals surface area contributed by atoms with Crippen LogP contribution in [0.2, 0.25) is 0 Å². The molecule has 0 bridgehead atoms. The van der Waals surface area contributed by atoms with E-state index >= 15 is 0 Å². The Bertz CT molecular complexity index is 3510. The zero-order chi connectivity index (χ0) is 38.7. The monoisotopic (exact) mass is 677 g/mol. The Labute approximate surface area is 303 Å².